The van der Waals surface area contributed by atoms with E-state index in [2.05, 4.69) is 25.7 Å². The predicted molar refractivity (Wildman–Crippen MR) is 105 cm³/mol. The Labute approximate surface area is 161 Å². The van der Waals surface area contributed by atoms with Gasteiger partial charge in [-0.25, -0.2) is 0 Å². The molecule has 0 unspecified atom stereocenters. The normalized spacial score (nSPS) is 24.6. The van der Waals surface area contributed by atoms with E-state index in [-0.39, 0.29) is 22.8 Å². The number of carbonyl (C=O) groups is 1. The van der Waals surface area contributed by atoms with Crippen LogP contribution in [0, 0.1) is 11.3 Å². The van der Waals surface area contributed by atoms with E-state index in [1.165, 1.54) is 11.1 Å². The van der Waals surface area contributed by atoms with Gasteiger partial charge in [0.2, 0.25) is 0 Å². The lowest BCUT2D eigenvalue weighted by Crippen LogP contribution is -2.31. The number of carbonyl (C=O) groups excluding carboxylic acids is 1. The Morgan fingerprint density at radius 2 is 2.08 bits per heavy atom. The molecule has 25 heavy (non-hydrogen) atoms. The Balaban J connectivity index is 1.72. The minimum Gasteiger partial charge on any atom is -0.383 e. The van der Waals surface area contributed by atoms with Gasteiger partial charge < -0.3 is 5.32 Å². The summed E-state index contributed by atoms with van der Waals surface area (Å²) in [4.78, 5) is 12.8. The van der Waals surface area contributed by atoms with E-state index in [1.807, 2.05) is 13.0 Å². The van der Waals surface area contributed by atoms with Gasteiger partial charge in [-0.2, -0.15) is 8.78 Å². The Morgan fingerprint density at radius 1 is 1.44 bits per heavy atom. The van der Waals surface area contributed by atoms with E-state index in [9.17, 15) is 13.6 Å². The first-order chi connectivity index (χ1) is 11.6. The molecule has 3 aliphatic carbocycles. The Morgan fingerprint density at radius 3 is 2.64 bits per heavy atom. The highest BCUT2D eigenvalue weighted by Gasteiger charge is 2.56. The zero-order valence-corrected chi connectivity index (χ0v) is 17.1. The van der Waals surface area contributed by atoms with Gasteiger partial charge in [-0.15, -0.1) is 0 Å². The third-order valence-electron chi connectivity index (χ3n) is 6.09. The van der Waals surface area contributed by atoms with Crippen LogP contribution in [0.4, 0.5) is 8.78 Å². The van der Waals surface area contributed by atoms with Gasteiger partial charge in [0.1, 0.15) is 0 Å². The van der Waals surface area contributed by atoms with Crippen LogP contribution in [0.15, 0.2) is 46.2 Å². The summed E-state index contributed by atoms with van der Waals surface area (Å²) < 4.78 is 23.3. The van der Waals surface area contributed by atoms with Crippen molar-refractivity contribution in [2.75, 3.05) is 6.54 Å². The van der Waals surface area contributed by atoms with Crippen molar-refractivity contribution in [2.24, 2.45) is 11.3 Å². The maximum absolute atomic E-state index is 13.1. The van der Waals surface area contributed by atoms with Gasteiger partial charge >= 0.3 is 3.93 Å². The predicted octanol–water partition coefficient (Wildman–Crippen LogP) is 5.47. The first kappa shape index (κ1) is 18.8. The van der Waals surface area contributed by atoms with Crippen LogP contribution < -0.4 is 5.32 Å². The molecule has 0 aromatic heterocycles. The number of nitrogens with one attached hydrogen (secondary N) is 1. The van der Waals surface area contributed by atoms with Crippen LogP contribution in [-0.2, 0) is 4.79 Å². The maximum Gasteiger partial charge on any atom is 0.334 e. The summed E-state index contributed by atoms with van der Waals surface area (Å²) in [5.41, 5.74) is 5.55. The molecule has 1 atom stereocenters. The van der Waals surface area contributed by atoms with Crippen LogP contribution in [-0.4, -0.2) is 16.3 Å². The van der Waals surface area contributed by atoms with E-state index in [0.717, 1.165) is 65.0 Å². The van der Waals surface area contributed by atoms with E-state index in [0.29, 0.717) is 6.54 Å². The minimum absolute atomic E-state index is 0.0746. The van der Waals surface area contributed by atoms with Crippen molar-refractivity contribution >= 4 is 28.4 Å². The molecular weight excluding hydrogens is 435 g/mol. The molecule has 2 nitrogen and oxygen atoms in total. The number of rotatable bonds is 6. The zero-order chi connectivity index (χ0) is 18.6. The lowest BCUT2D eigenvalue weighted by atomic mass is 9.70. The number of hydrogen-bond acceptors (Lipinski definition) is 2. The van der Waals surface area contributed by atoms with Gasteiger partial charge in [0.05, 0.1) is 5.70 Å². The quantitative estimate of drug-likeness (QED) is 0.324. The fraction of sp³-hybridized carbons (Fsp3) is 0.550. The summed E-state index contributed by atoms with van der Waals surface area (Å²) in [6.45, 7) is 10.1. The highest BCUT2D eigenvalue weighted by molar-refractivity contribution is 14.1. The summed E-state index contributed by atoms with van der Waals surface area (Å²) in [5, 5.41) is 2.71. The smallest absolute Gasteiger partial charge is 0.334 e. The van der Waals surface area contributed by atoms with Crippen LogP contribution in [0.5, 0.6) is 0 Å². The largest absolute Gasteiger partial charge is 0.383 e. The molecule has 3 aliphatic rings. The Bertz CT molecular complexity index is 735. The molecule has 0 saturated heterocycles. The van der Waals surface area contributed by atoms with Crippen LogP contribution in [0.2, 0.25) is 0 Å². The number of ketones is 1. The third-order valence-corrected chi connectivity index (χ3v) is 6.74. The van der Waals surface area contributed by atoms with Crippen LogP contribution in [0.25, 0.3) is 0 Å². The minimum atomic E-state index is -2.93. The van der Waals surface area contributed by atoms with Crippen LogP contribution >= 0.6 is 22.6 Å². The monoisotopic (exact) mass is 459 g/mol. The number of halogens is 3. The van der Waals surface area contributed by atoms with Crippen LogP contribution in [0.1, 0.15) is 46.5 Å². The average molecular weight is 459 g/mol. The average Bonchev–Trinajstić information content (AvgIpc) is 3.27. The molecule has 1 spiro atoms. The topological polar surface area (TPSA) is 29.1 Å². The van der Waals surface area contributed by atoms with Gasteiger partial charge in [-0.3, -0.25) is 4.79 Å². The van der Waals surface area contributed by atoms with Crippen molar-refractivity contribution in [1.82, 2.24) is 5.32 Å². The van der Waals surface area contributed by atoms with Crippen LogP contribution in [0.3, 0.4) is 0 Å². The van der Waals surface area contributed by atoms with Crippen molar-refractivity contribution in [1.29, 1.82) is 0 Å². The van der Waals surface area contributed by atoms with E-state index in [4.69, 9.17) is 0 Å². The Kier molecular flexibility index (Phi) is 4.75. The van der Waals surface area contributed by atoms with Crippen molar-refractivity contribution in [3.05, 3.63) is 46.2 Å². The van der Waals surface area contributed by atoms with Crippen molar-refractivity contribution in [2.45, 2.75) is 50.4 Å². The van der Waals surface area contributed by atoms with Gasteiger partial charge in [-0.1, -0.05) is 19.1 Å². The SMILES string of the molecule is C=C(NCCCC1=C(C)C=C2C(=O)[C@@H](C)C3(CC3)C(C)=C21)C(F)(F)I. The summed E-state index contributed by atoms with van der Waals surface area (Å²) >= 11 is 1.08. The van der Waals surface area contributed by atoms with Crippen molar-refractivity contribution < 1.29 is 13.6 Å². The summed E-state index contributed by atoms with van der Waals surface area (Å²) in [6, 6.07) is 0. The number of fused-ring (bicyclic) bond motifs is 1. The first-order valence-corrected chi connectivity index (χ1v) is 9.85. The van der Waals surface area contributed by atoms with Gasteiger partial charge in [0.25, 0.3) is 0 Å². The van der Waals surface area contributed by atoms with E-state index in [1.54, 1.807) is 0 Å². The second kappa shape index (κ2) is 6.32. The maximum atomic E-state index is 13.1. The molecule has 3 rings (SSSR count). The second-order valence-corrected chi connectivity index (χ2v) is 8.82. The number of allylic oxidation sites excluding steroid dienone is 7. The molecule has 5 heteroatoms. The second-order valence-electron chi connectivity index (χ2n) is 7.47. The van der Waals surface area contributed by atoms with Crippen molar-refractivity contribution in [3.63, 3.8) is 0 Å². The fourth-order valence-corrected chi connectivity index (χ4v) is 4.48. The molecule has 1 fully saturated rings. The molecule has 1 saturated carbocycles. The van der Waals surface area contributed by atoms with Gasteiger partial charge in [0.15, 0.2) is 5.78 Å². The molecule has 0 aromatic rings. The lowest BCUT2D eigenvalue weighted by molar-refractivity contribution is -0.120. The molecule has 1 N–H and O–H groups in total. The molecule has 0 aromatic carbocycles. The number of hydrogen-bond donors (Lipinski definition) is 1. The summed E-state index contributed by atoms with van der Waals surface area (Å²) in [7, 11) is 0. The summed E-state index contributed by atoms with van der Waals surface area (Å²) in [6.07, 6.45) is 5.73. The van der Waals surface area contributed by atoms with Gasteiger partial charge in [0, 0.05) is 46.0 Å². The molecular formula is C20H24F2INO. The highest BCUT2D eigenvalue weighted by Crippen LogP contribution is 2.63. The fourth-order valence-electron chi connectivity index (χ4n) is 4.29. The van der Waals surface area contributed by atoms with E-state index < -0.39 is 3.93 Å². The number of alkyl halides is 3. The Hall–Kier alpha value is -0.980. The molecule has 0 amide bonds. The molecule has 0 bridgehead atoms. The highest BCUT2D eigenvalue weighted by atomic mass is 127. The molecule has 0 aliphatic heterocycles. The molecule has 0 heterocycles. The summed E-state index contributed by atoms with van der Waals surface area (Å²) in [5.74, 6) is 0.342. The van der Waals surface area contributed by atoms with Crippen molar-refractivity contribution in [3.8, 4) is 0 Å². The lowest BCUT2D eigenvalue weighted by Gasteiger charge is -2.32. The molecule has 136 valence electrons. The first-order valence-electron chi connectivity index (χ1n) is 8.77. The zero-order valence-electron chi connectivity index (χ0n) is 14.9. The molecule has 0 radical (unpaired) electrons. The van der Waals surface area contributed by atoms with Gasteiger partial charge in [-0.05, 0) is 62.3 Å². The third kappa shape index (κ3) is 3.13. The standard InChI is InChI=1S/C20H24F2INO/c1-11-10-16-17(12(2)19(7-8-19)13(3)18(16)25)15(11)6-5-9-24-14(4)20(21,22)23/h10,13,24H,4-9H2,1-3H3/t13-/m1/s1. The number of Topliss-reactive ketones (excluding diaryl/α,β-unsaturated/α-hetero) is 1. The van der Waals surface area contributed by atoms with E-state index >= 15 is 0 Å².